The topological polar surface area (TPSA) is 35.5 Å². The maximum absolute atomic E-state index is 12.5. The van der Waals surface area contributed by atoms with E-state index in [4.69, 9.17) is 21.1 Å². The van der Waals surface area contributed by atoms with Crippen molar-refractivity contribution in [3.05, 3.63) is 53.1 Å². The fourth-order valence-corrected chi connectivity index (χ4v) is 3.23. The molecule has 2 rings (SSSR count). The van der Waals surface area contributed by atoms with Crippen LogP contribution in [0.3, 0.4) is 0 Å². The minimum absolute atomic E-state index is 0.000184. The third-order valence-corrected chi connectivity index (χ3v) is 4.80. The summed E-state index contributed by atoms with van der Waals surface area (Å²) in [4.78, 5) is 12.5. The SMILES string of the molecule is COc1ccccc1C(=O)Pc1ccc(OCC(C)C)cc1Cl. The molecule has 3 nitrogen and oxygen atoms in total. The third kappa shape index (κ3) is 4.95. The number of rotatable bonds is 7. The standard InChI is InChI=1S/C18H20ClO3P/c1-12(2)11-22-13-8-9-17(15(19)10-13)23-18(20)14-6-4-5-7-16(14)21-3/h4-10,12,23H,11H2,1-3H3. The van der Waals surface area contributed by atoms with E-state index in [2.05, 4.69) is 13.8 Å². The molecule has 0 bridgehead atoms. The first-order valence-corrected chi connectivity index (χ1v) is 8.75. The maximum Gasteiger partial charge on any atom is 0.189 e. The lowest BCUT2D eigenvalue weighted by atomic mass is 10.2. The Kier molecular flexibility index (Phi) is 6.44. The summed E-state index contributed by atoms with van der Waals surface area (Å²) in [5.74, 6) is 1.75. The van der Waals surface area contributed by atoms with Gasteiger partial charge in [0.2, 0.25) is 0 Å². The van der Waals surface area contributed by atoms with Crippen LogP contribution in [-0.4, -0.2) is 19.2 Å². The average molecular weight is 351 g/mol. The highest BCUT2D eigenvalue weighted by molar-refractivity contribution is 7.66. The summed E-state index contributed by atoms with van der Waals surface area (Å²) in [6.07, 6.45) is 0. The van der Waals surface area contributed by atoms with E-state index < -0.39 is 0 Å². The molecule has 0 heterocycles. The highest BCUT2D eigenvalue weighted by Crippen LogP contribution is 2.29. The molecule has 1 atom stereocenters. The van der Waals surface area contributed by atoms with E-state index in [0.29, 0.717) is 28.9 Å². The minimum Gasteiger partial charge on any atom is -0.496 e. The molecule has 0 saturated carbocycles. The number of hydrogen-bond donors (Lipinski definition) is 0. The molecule has 122 valence electrons. The summed E-state index contributed by atoms with van der Waals surface area (Å²) in [6, 6.07) is 12.7. The van der Waals surface area contributed by atoms with Crippen LogP contribution in [0.1, 0.15) is 24.2 Å². The molecule has 0 aliphatic rings. The zero-order valence-electron chi connectivity index (χ0n) is 13.4. The third-order valence-electron chi connectivity index (χ3n) is 3.12. The van der Waals surface area contributed by atoms with Gasteiger partial charge < -0.3 is 9.47 Å². The van der Waals surface area contributed by atoms with Crippen molar-refractivity contribution < 1.29 is 14.3 Å². The highest BCUT2D eigenvalue weighted by atomic mass is 35.5. The Morgan fingerprint density at radius 3 is 2.61 bits per heavy atom. The van der Waals surface area contributed by atoms with Crippen LogP contribution in [0, 0.1) is 5.92 Å². The van der Waals surface area contributed by atoms with Crippen LogP contribution in [0.5, 0.6) is 11.5 Å². The van der Waals surface area contributed by atoms with E-state index in [-0.39, 0.29) is 14.1 Å². The second kappa shape index (κ2) is 8.33. The first-order chi connectivity index (χ1) is 11.0. The molecule has 0 amide bonds. The second-order valence-electron chi connectivity index (χ2n) is 5.50. The number of carbonyl (C=O) groups excluding carboxylic acids is 1. The van der Waals surface area contributed by atoms with Gasteiger partial charge in [0.05, 0.1) is 24.3 Å². The van der Waals surface area contributed by atoms with Crippen LogP contribution in [0.2, 0.25) is 5.02 Å². The lowest BCUT2D eigenvalue weighted by molar-refractivity contribution is 0.108. The number of carbonyl (C=O) groups is 1. The monoisotopic (exact) mass is 350 g/mol. The molecule has 0 fully saturated rings. The van der Waals surface area contributed by atoms with Gasteiger partial charge in [-0.05, 0) is 50.1 Å². The molecule has 0 saturated heterocycles. The van der Waals surface area contributed by atoms with Crippen LogP contribution >= 0.6 is 20.2 Å². The van der Waals surface area contributed by atoms with E-state index in [9.17, 15) is 4.79 Å². The van der Waals surface area contributed by atoms with Gasteiger partial charge in [0.25, 0.3) is 0 Å². The van der Waals surface area contributed by atoms with Crippen LogP contribution in [-0.2, 0) is 0 Å². The van der Waals surface area contributed by atoms with Crippen molar-refractivity contribution in [1.29, 1.82) is 0 Å². The molecule has 0 aliphatic heterocycles. The molecule has 0 spiro atoms. The van der Waals surface area contributed by atoms with Crippen molar-refractivity contribution in [3.8, 4) is 11.5 Å². The predicted molar refractivity (Wildman–Crippen MR) is 97.1 cm³/mol. The molecule has 0 aliphatic carbocycles. The highest BCUT2D eigenvalue weighted by Gasteiger charge is 2.14. The largest absolute Gasteiger partial charge is 0.496 e. The Morgan fingerprint density at radius 1 is 1.22 bits per heavy atom. The molecule has 0 N–H and O–H groups in total. The number of hydrogen-bond acceptors (Lipinski definition) is 3. The summed E-state index contributed by atoms with van der Waals surface area (Å²) in [6.45, 7) is 4.81. The quantitative estimate of drug-likeness (QED) is 0.688. The number of ether oxygens (including phenoxy) is 2. The van der Waals surface area contributed by atoms with Gasteiger partial charge in [0.1, 0.15) is 11.5 Å². The molecule has 5 heteroatoms. The summed E-state index contributed by atoms with van der Waals surface area (Å²) in [7, 11) is 1.50. The summed E-state index contributed by atoms with van der Waals surface area (Å²) in [5, 5.41) is 1.35. The Bertz CT molecular complexity index is 686. The van der Waals surface area contributed by atoms with Crippen molar-refractivity contribution in [2.24, 2.45) is 5.92 Å². The number of para-hydroxylation sites is 1. The minimum atomic E-state index is -0.0587. The van der Waals surface area contributed by atoms with Crippen LogP contribution in [0.15, 0.2) is 42.5 Å². The van der Waals surface area contributed by atoms with Crippen molar-refractivity contribution >= 4 is 31.0 Å². The molecule has 1 unspecified atom stereocenters. The van der Waals surface area contributed by atoms with Gasteiger partial charge in [-0.2, -0.15) is 0 Å². The van der Waals surface area contributed by atoms with Gasteiger partial charge in [-0.25, -0.2) is 0 Å². The lowest BCUT2D eigenvalue weighted by Gasteiger charge is -2.11. The van der Waals surface area contributed by atoms with Gasteiger partial charge in [-0.15, -0.1) is 0 Å². The Morgan fingerprint density at radius 2 is 1.96 bits per heavy atom. The van der Waals surface area contributed by atoms with Crippen molar-refractivity contribution in [3.63, 3.8) is 0 Å². The van der Waals surface area contributed by atoms with E-state index in [1.807, 2.05) is 24.3 Å². The molecule has 0 aromatic heterocycles. The molecule has 23 heavy (non-hydrogen) atoms. The number of methoxy groups -OCH3 is 1. The second-order valence-corrected chi connectivity index (χ2v) is 7.15. The summed E-state index contributed by atoms with van der Waals surface area (Å²) < 4.78 is 10.9. The maximum atomic E-state index is 12.5. The Balaban J connectivity index is 2.12. The van der Waals surface area contributed by atoms with Crippen LogP contribution < -0.4 is 14.8 Å². The molecule has 2 aromatic rings. The zero-order chi connectivity index (χ0) is 16.8. The summed E-state index contributed by atoms with van der Waals surface area (Å²) in [5.41, 5.74) is 0.574. The van der Waals surface area contributed by atoms with Gasteiger partial charge in [0.15, 0.2) is 5.52 Å². The van der Waals surface area contributed by atoms with Gasteiger partial charge in [-0.1, -0.05) is 37.6 Å². The average Bonchev–Trinajstić information content (AvgIpc) is 2.55. The summed E-state index contributed by atoms with van der Waals surface area (Å²) >= 11 is 6.29. The number of halogens is 1. The van der Waals surface area contributed by atoms with E-state index in [1.165, 1.54) is 0 Å². The van der Waals surface area contributed by atoms with Crippen LogP contribution in [0.25, 0.3) is 0 Å². The van der Waals surface area contributed by atoms with Gasteiger partial charge in [0, 0.05) is 0 Å². The fourth-order valence-electron chi connectivity index (χ4n) is 1.97. The van der Waals surface area contributed by atoms with Crippen molar-refractivity contribution in [2.45, 2.75) is 13.8 Å². The first kappa shape index (κ1) is 17.8. The molecular weight excluding hydrogens is 331 g/mol. The smallest absolute Gasteiger partial charge is 0.189 e. The molecule has 0 radical (unpaired) electrons. The van der Waals surface area contributed by atoms with Crippen molar-refractivity contribution in [2.75, 3.05) is 13.7 Å². The lowest BCUT2D eigenvalue weighted by Crippen LogP contribution is -2.07. The number of benzene rings is 2. The van der Waals surface area contributed by atoms with E-state index in [1.54, 1.807) is 25.3 Å². The van der Waals surface area contributed by atoms with Crippen LogP contribution in [0.4, 0.5) is 0 Å². The zero-order valence-corrected chi connectivity index (χ0v) is 15.2. The normalized spacial score (nSPS) is 11.2. The van der Waals surface area contributed by atoms with Gasteiger partial charge >= 0.3 is 0 Å². The Labute approximate surface area is 143 Å². The van der Waals surface area contributed by atoms with Crippen molar-refractivity contribution in [1.82, 2.24) is 0 Å². The Hall–Kier alpha value is -1.57. The van der Waals surface area contributed by atoms with Gasteiger partial charge in [-0.3, -0.25) is 4.79 Å². The molecular formula is C18H20ClO3P. The molecule has 2 aromatic carbocycles. The predicted octanol–water partition coefficient (Wildman–Crippen LogP) is 4.53. The fraction of sp³-hybridized carbons (Fsp3) is 0.278. The van der Waals surface area contributed by atoms with E-state index in [0.717, 1.165) is 11.1 Å². The van der Waals surface area contributed by atoms with E-state index >= 15 is 0 Å². The first-order valence-electron chi connectivity index (χ1n) is 7.38.